The number of likely N-dealkylation sites (tertiary alicyclic amines) is 1. The van der Waals surface area contributed by atoms with Gasteiger partial charge in [-0.3, -0.25) is 9.59 Å². The molecular weight excluding hydrogens is 310 g/mol. The molecule has 1 aromatic carbocycles. The van der Waals surface area contributed by atoms with Crippen LogP contribution in [0.25, 0.3) is 0 Å². The summed E-state index contributed by atoms with van der Waals surface area (Å²) in [5.41, 5.74) is 1.43. The van der Waals surface area contributed by atoms with Gasteiger partial charge in [-0.05, 0) is 30.4 Å². The van der Waals surface area contributed by atoms with Gasteiger partial charge in [-0.2, -0.15) is 17.0 Å². The van der Waals surface area contributed by atoms with Crippen LogP contribution in [0.3, 0.4) is 0 Å². The van der Waals surface area contributed by atoms with Gasteiger partial charge >= 0.3 is 0 Å². The number of nitriles is 1. The first kappa shape index (κ1) is 17.4. The molecule has 0 unspecified atom stereocenters. The summed E-state index contributed by atoms with van der Waals surface area (Å²) in [6.45, 7) is 3.02. The van der Waals surface area contributed by atoms with Crippen molar-refractivity contribution in [2.24, 2.45) is 0 Å². The monoisotopic (exact) mass is 331 g/mol. The summed E-state index contributed by atoms with van der Waals surface area (Å²) < 4.78 is 0. The van der Waals surface area contributed by atoms with Gasteiger partial charge in [0.15, 0.2) is 0 Å². The Morgan fingerprint density at radius 1 is 1.57 bits per heavy atom. The summed E-state index contributed by atoms with van der Waals surface area (Å²) >= 11 is 1.69. The Hall–Kier alpha value is -2.00. The lowest BCUT2D eigenvalue weighted by molar-refractivity contribution is -0.135. The van der Waals surface area contributed by atoms with Crippen LogP contribution in [0.5, 0.6) is 0 Å². The SMILES string of the molecule is CS[C@@H](C)CNC(=O)[C@H]1CCC(=O)N1Cc1cccc(C#N)c1. The van der Waals surface area contributed by atoms with Crippen molar-refractivity contribution < 1.29 is 9.59 Å². The summed E-state index contributed by atoms with van der Waals surface area (Å²) in [7, 11) is 0. The fraction of sp³-hybridized carbons (Fsp3) is 0.471. The number of carbonyl (C=O) groups excluding carboxylic acids is 2. The zero-order valence-electron chi connectivity index (χ0n) is 13.4. The maximum Gasteiger partial charge on any atom is 0.242 e. The lowest BCUT2D eigenvalue weighted by Gasteiger charge is -2.24. The summed E-state index contributed by atoms with van der Waals surface area (Å²) in [5, 5.41) is 12.2. The average molecular weight is 331 g/mol. The highest BCUT2D eigenvalue weighted by molar-refractivity contribution is 7.99. The van der Waals surface area contributed by atoms with Gasteiger partial charge < -0.3 is 10.2 Å². The lowest BCUT2D eigenvalue weighted by atomic mass is 10.1. The molecule has 0 spiro atoms. The number of hydrogen-bond donors (Lipinski definition) is 1. The molecule has 23 heavy (non-hydrogen) atoms. The van der Waals surface area contributed by atoms with Gasteiger partial charge in [-0.25, -0.2) is 0 Å². The first-order valence-electron chi connectivity index (χ1n) is 7.64. The summed E-state index contributed by atoms with van der Waals surface area (Å²) in [6, 6.07) is 8.83. The molecule has 0 bridgehead atoms. The van der Waals surface area contributed by atoms with E-state index < -0.39 is 6.04 Å². The van der Waals surface area contributed by atoms with Crippen molar-refractivity contribution in [2.75, 3.05) is 12.8 Å². The normalized spacial score (nSPS) is 18.6. The van der Waals surface area contributed by atoms with Crippen molar-refractivity contribution in [3.63, 3.8) is 0 Å². The smallest absolute Gasteiger partial charge is 0.242 e. The van der Waals surface area contributed by atoms with E-state index in [0.29, 0.717) is 36.7 Å². The molecule has 122 valence electrons. The maximum atomic E-state index is 12.4. The Kier molecular flexibility index (Phi) is 6.05. The molecule has 1 aliphatic rings. The van der Waals surface area contributed by atoms with Crippen LogP contribution in [-0.4, -0.2) is 40.8 Å². The molecule has 1 aliphatic heterocycles. The zero-order valence-corrected chi connectivity index (χ0v) is 14.2. The van der Waals surface area contributed by atoms with Crippen molar-refractivity contribution in [1.29, 1.82) is 5.26 Å². The number of thioether (sulfide) groups is 1. The van der Waals surface area contributed by atoms with E-state index in [2.05, 4.69) is 18.3 Å². The minimum Gasteiger partial charge on any atom is -0.353 e. The molecule has 0 saturated carbocycles. The van der Waals surface area contributed by atoms with Crippen LogP contribution in [0, 0.1) is 11.3 Å². The third kappa shape index (κ3) is 4.49. The van der Waals surface area contributed by atoms with Gasteiger partial charge in [0.1, 0.15) is 6.04 Å². The molecule has 1 saturated heterocycles. The van der Waals surface area contributed by atoms with E-state index >= 15 is 0 Å². The molecule has 5 nitrogen and oxygen atoms in total. The van der Waals surface area contributed by atoms with Crippen LogP contribution < -0.4 is 5.32 Å². The molecule has 0 radical (unpaired) electrons. The predicted molar refractivity (Wildman–Crippen MR) is 90.7 cm³/mol. The molecule has 0 aromatic heterocycles. The second-order valence-corrected chi connectivity index (χ2v) is 6.96. The Bertz CT molecular complexity index is 627. The Morgan fingerprint density at radius 3 is 3.04 bits per heavy atom. The van der Waals surface area contributed by atoms with E-state index in [9.17, 15) is 9.59 Å². The highest BCUT2D eigenvalue weighted by Crippen LogP contribution is 2.22. The number of hydrogen-bond acceptors (Lipinski definition) is 4. The van der Waals surface area contributed by atoms with Gasteiger partial charge in [0.25, 0.3) is 0 Å². The topological polar surface area (TPSA) is 73.2 Å². The van der Waals surface area contributed by atoms with Crippen LogP contribution in [0.4, 0.5) is 0 Å². The van der Waals surface area contributed by atoms with E-state index in [-0.39, 0.29) is 11.8 Å². The van der Waals surface area contributed by atoms with Crippen LogP contribution in [0.2, 0.25) is 0 Å². The molecule has 1 N–H and O–H groups in total. The zero-order chi connectivity index (χ0) is 16.8. The van der Waals surface area contributed by atoms with E-state index in [1.165, 1.54) is 0 Å². The van der Waals surface area contributed by atoms with Gasteiger partial charge in [-0.15, -0.1) is 0 Å². The third-order valence-corrected chi connectivity index (χ3v) is 4.98. The highest BCUT2D eigenvalue weighted by atomic mass is 32.2. The highest BCUT2D eigenvalue weighted by Gasteiger charge is 2.35. The van der Waals surface area contributed by atoms with Gasteiger partial charge in [0.2, 0.25) is 11.8 Å². The van der Waals surface area contributed by atoms with E-state index in [4.69, 9.17) is 5.26 Å². The van der Waals surface area contributed by atoms with Crippen LogP contribution in [0.1, 0.15) is 30.9 Å². The molecule has 2 rings (SSSR count). The Labute approximate surface area is 141 Å². The Balaban J connectivity index is 2.04. The number of nitrogens with zero attached hydrogens (tertiary/aromatic N) is 2. The van der Waals surface area contributed by atoms with Crippen LogP contribution >= 0.6 is 11.8 Å². The molecule has 6 heteroatoms. The van der Waals surface area contributed by atoms with Crippen molar-refractivity contribution in [3.8, 4) is 6.07 Å². The second-order valence-electron chi connectivity index (χ2n) is 5.68. The molecule has 1 aromatic rings. The van der Waals surface area contributed by atoms with E-state index in [0.717, 1.165) is 5.56 Å². The minimum absolute atomic E-state index is 0.00887. The third-order valence-electron chi connectivity index (χ3n) is 4.01. The average Bonchev–Trinajstić information content (AvgIpc) is 2.93. The Morgan fingerprint density at radius 2 is 2.35 bits per heavy atom. The van der Waals surface area contributed by atoms with Crippen molar-refractivity contribution in [3.05, 3.63) is 35.4 Å². The predicted octanol–water partition coefficient (Wildman–Crippen LogP) is 1.92. The lowest BCUT2D eigenvalue weighted by Crippen LogP contribution is -2.45. The molecule has 2 amide bonds. The fourth-order valence-electron chi connectivity index (χ4n) is 2.59. The summed E-state index contributed by atoms with van der Waals surface area (Å²) in [6.07, 6.45) is 2.95. The molecular formula is C17H21N3O2S. The number of nitrogens with one attached hydrogen (secondary N) is 1. The molecule has 0 aliphatic carbocycles. The number of carbonyl (C=O) groups is 2. The fourth-order valence-corrected chi connectivity index (χ4v) is 2.84. The van der Waals surface area contributed by atoms with E-state index in [1.807, 2.05) is 12.3 Å². The molecule has 1 fully saturated rings. The minimum atomic E-state index is -0.415. The van der Waals surface area contributed by atoms with Gasteiger partial charge in [0, 0.05) is 24.8 Å². The number of rotatable bonds is 6. The number of amides is 2. The van der Waals surface area contributed by atoms with Crippen molar-refractivity contribution >= 4 is 23.6 Å². The largest absolute Gasteiger partial charge is 0.353 e. The van der Waals surface area contributed by atoms with Crippen LogP contribution in [0.15, 0.2) is 24.3 Å². The van der Waals surface area contributed by atoms with Crippen LogP contribution in [-0.2, 0) is 16.1 Å². The second kappa shape index (κ2) is 8.02. The van der Waals surface area contributed by atoms with Gasteiger partial charge in [-0.1, -0.05) is 19.1 Å². The summed E-state index contributed by atoms with van der Waals surface area (Å²) in [5.74, 6) is -0.0985. The van der Waals surface area contributed by atoms with E-state index in [1.54, 1.807) is 34.9 Å². The molecule has 2 atom stereocenters. The quantitative estimate of drug-likeness (QED) is 0.864. The molecule has 1 heterocycles. The maximum absolute atomic E-state index is 12.4. The first-order chi connectivity index (χ1) is 11.0. The standard InChI is InChI=1S/C17H21N3O2S/c1-12(23-2)10-19-17(22)15-6-7-16(21)20(15)11-14-5-3-4-13(8-14)9-18/h3-5,8,12,15H,6-7,10-11H2,1-2H3,(H,19,22)/t12-,15+/m0/s1. The first-order valence-corrected chi connectivity index (χ1v) is 8.93. The van der Waals surface area contributed by atoms with Gasteiger partial charge in [0.05, 0.1) is 11.6 Å². The number of benzene rings is 1. The van der Waals surface area contributed by atoms with Crippen molar-refractivity contribution in [1.82, 2.24) is 10.2 Å². The van der Waals surface area contributed by atoms with Crippen molar-refractivity contribution in [2.45, 2.75) is 37.6 Å². The summed E-state index contributed by atoms with van der Waals surface area (Å²) in [4.78, 5) is 26.1.